The number of nitrogens with zero attached hydrogens (tertiary/aromatic N) is 1. The van der Waals surface area contributed by atoms with E-state index in [0.717, 1.165) is 14.3 Å². The van der Waals surface area contributed by atoms with Gasteiger partial charge in [0.25, 0.3) is 0 Å². The second-order valence-corrected chi connectivity index (χ2v) is 11.6. The summed E-state index contributed by atoms with van der Waals surface area (Å²) in [5.74, 6) is -0.498. The Bertz CT molecular complexity index is 1310. The molecule has 0 aliphatic rings. The van der Waals surface area contributed by atoms with Crippen molar-refractivity contribution in [3.05, 3.63) is 94.5 Å². The van der Waals surface area contributed by atoms with E-state index in [9.17, 15) is 21.6 Å². The third-order valence-corrected chi connectivity index (χ3v) is 7.98. The van der Waals surface area contributed by atoms with Gasteiger partial charge in [-0.3, -0.25) is 4.79 Å². The second kappa shape index (κ2) is 10.6. The first-order valence-electron chi connectivity index (χ1n) is 9.74. The highest BCUT2D eigenvalue weighted by molar-refractivity contribution is 9.10. The number of carbonyl (C=O) groups is 1. The average Bonchev–Trinajstić information content (AvgIpc) is 2.79. The molecule has 0 aliphatic heterocycles. The van der Waals surface area contributed by atoms with Crippen molar-refractivity contribution in [3.8, 4) is 0 Å². The molecule has 0 heterocycles. The van der Waals surface area contributed by atoms with E-state index >= 15 is 0 Å². The summed E-state index contributed by atoms with van der Waals surface area (Å²) in [6.07, 6.45) is 0. The summed E-state index contributed by atoms with van der Waals surface area (Å²) in [5.41, 5.74) is 1.37. The molecule has 11 heteroatoms. The predicted molar refractivity (Wildman–Crippen MR) is 128 cm³/mol. The molecule has 8 nitrogen and oxygen atoms in total. The van der Waals surface area contributed by atoms with Crippen LogP contribution in [0.4, 0.5) is 0 Å². The van der Waals surface area contributed by atoms with Crippen LogP contribution in [0.3, 0.4) is 0 Å². The molecule has 0 unspecified atom stereocenters. The molecule has 0 aromatic heterocycles. The molecule has 0 atom stereocenters. The summed E-state index contributed by atoms with van der Waals surface area (Å²) < 4.78 is 51.1. The molecule has 3 rings (SSSR count). The van der Waals surface area contributed by atoms with Crippen LogP contribution < -0.4 is 10.5 Å². The van der Waals surface area contributed by atoms with E-state index in [4.69, 9.17) is 5.14 Å². The summed E-state index contributed by atoms with van der Waals surface area (Å²) in [6, 6.07) is 20.8. The van der Waals surface area contributed by atoms with Crippen LogP contribution >= 0.6 is 15.9 Å². The van der Waals surface area contributed by atoms with Gasteiger partial charge in [-0.1, -0.05) is 58.4 Å². The number of sulfonamides is 2. The third kappa shape index (κ3) is 6.95. The van der Waals surface area contributed by atoms with Gasteiger partial charge >= 0.3 is 0 Å². The van der Waals surface area contributed by atoms with Gasteiger partial charge in [-0.2, -0.15) is 4.31 Å². The molecule has 0 aliphatic carbocycles. The molecule has 174 valence electrons. The minimum Gasteiger partial charge on any atom is -0.351 e. The second-order valence-electron chi connectivity index (χ2n) is 7.18. The zero-order chi connectivity index (χ0) is 24.1. The number of halogens is 1. The van der Waals surface area contributed by atoms with E-state index in [1.807, 2.05) is 0 Å². The third-order valence-electron chi connectivity index (χ3n) is 4.71. The monoisotopic (exact) mass is 551 g/mol. The normalized spacial score (nSPS) is 12.0. The number of primary sulfonamides is 1. The highest BCUT2D eigenvalue weighted by atomic mass is 79.9. The number of benzene rings is 3. The van der Waals surface area contributed by atoms with Crippen LogP contribution in [0.2, 0.25) is 0 Å². The van der Waals surface area contributed by atoms with E-state index in [0.29, 0.717) is 5.56 Å². The van der Waals surface area contributed by atoms with Gasteiger partial charge in [0.05, 0.1) is 16.3 Å². The van der Waals surface area contributed by atoms with Crippen LogP contribution in [0.15, 0.2) is 93.1 Å². The smallest absolute Gasteiger partial charge is 0.243 e. The van der Waals surface area contributed by atoms with Gasteiger partial charge in [0.2, 0.25) is 26.0 Å². The molecule has 1 amide bonds. The highest BCUT2D eigenvalue weighted by Gasteiger charge is 2.26. The fraction of sp³-hybridized carbons (Fsp3) is 0.136. The number of nitrogens with two attached hydrogens (primary N) is 1. The van der Waals surface area contributed by atoms with Crippen molar-refractivity contribution in [2.75, 3.05) is 6.54 Å². The zero-order valence-corrected chi connectivity index (χ0v) is 20.6. The van der Waals surface area contributed by atoms with Crippen molar-refractivity contribution in [1.82, 2.24) is 9.62 Å². The average molecular weight is 552 g/mol. The van der Waals surface area contributed by atoms with E-state index in [1.165, 1.54) is 36.4 Å². The number of hydrogen-bond acceptors (Lipinski definition) is 5. The van der Waals surface area contributed by atoms with Gasteiger partial charge in [0.1, 0.15) is 0 Å². The largest absolute Gasteiger partial charge is 0.351 e. The van der Waals surface area contributed by atoms with Gasteiger partial charge in [0, 0.05) is 17.6 Å². The SMILES string of the molecule is NS(=O)(=O)c1ccc(CNC(=O)CN(Cc2ccc(Br)cc2)S(=O)(=O)c2ccccc2)cc1. The fourth-order valence-electron chi connectivity index (χ4n) is 2.97. The maximum absolute atomic E-state index is 13.2. The van der Waals surface area contributed by atoms with Crippen molar-refractivity contribution < 1.29 is 21.6 Å². The van der Waals surface area contributed by atoms with Gasteiger partial charge in [-0.25, -0.2) is 22.0 Å². The summed E-state index contributed by atoms with van der Waals surface area (Å²) >= 11 is 3.35. The Labute approximate surface area is 201 Å². The topological polar surface area (TPSA) is 127 Å². The van der Waals surface area contributed by atoms with E-state index in [-0.39, 0.29) is 29.4 Å². The number of amides is 1. The molecule has 0 bridgehead atoms. The lowest BCUT2D eigenvalue weighted by Crippen LogP contribution is -2.40. The molecule has 3 aromatic carbocycles. The molecule has 0 radical (unpaired) electrons. The fourth-order valence-corrected chi connectivity index (χ4v) is 5.16. The quantitative estimate of drug-likeness (QED) is 0.422. The molecule has 0 spiro atoms. The maximum Gasteiger partial charge on any atom is 0.243 e. The molecule has 0 fully saturated rings. The molecule has 0 saturated heterocycles. The first kappa shape index (κ1) is 25.1. The van der Waals surface area contributed by atoms with Gasteiger partial charge in [0.15, 0.2) is 0 Å². The first-order chi connectivity index (χ1) is 15.6. The van der Waals surface area contributed by atoms with E-state index in [1.54, 1.807) is 42.5 Å². The van der Waals surface area contributed by atoms with Crippen LogP contribution in [-0.4, -0.2) is 33.6 Å². The van der Waals surface area contributed by atoms with Crippen molar-refractivity contribution in [1.29, 1.82) is 0 Å². The van der Waals surface area contributed by atoms with E-state index in [2.05, 4.69) is 21.2 Å². The van der Waals surface area contributed by atoms with Crippen molar-refractivity contribution in [3.63, 3.8) is 0 Å². The first-order valence-corrected chi connectivity index (χ1v) is 13.5. The minimum absolute atomic E-state index is 0.0149. The molecular weight excluding hydrogens is 530 g/mol. The standard InChI is InChI=1S/C22H22BrN3O5S2/c23-19-10-6-18(7-11-19)15-26(33(30,31)21-4-2-1-3-5-21)16-22(27)25-14-17-8-12-20(13-9-17)32(24,28)29/h1-13H,14-16H2,(H,25,27)(H2,24,28,29). The Balaban J connectivity index is 1.75. The van der Waals surface area contributed by atoms with Crippen molar-refractivity contribution in [2.45, 2.75) is 22.9 Å². The molecule has 0 saturated carbocycles. The lowest BCUT2D eigenvalue weighted by Gasteiger charge is -2.22. The van der Waals surface area contributed by atoms with Crippen LogP contribution in [0.1, 0.15) is 11.1 Å². The van der Waals surface area contributed by atoms with Crippen LogP contribution in [-0.2, 0) is 37.9 Å². The van der Waals surface area contributed by atoms with Crippen LogP contribution in [0, 0.1) is 0 Å². The van der Waals surface area contributed by atoms with Crippen molar-refractivity contribution >= 4 is 41.9 Å². The van der Waals surface area contributed by atoms with Crippen molar-refractivity contribution in [2.24, 2.45) is 5.14 Å². The van der Waals surface area contributed by atoms with Gasteiger partial charge in [-0.05, 0) is 47.5 Å². The number of carbonyl (C=O) groups excluding carboxylic acids is 1. The van der Waals surface area contributed by atoms with Gasteiger partial charge in [-0.15, -0.1) is 0 Å². The molecular formula is C22H22BrN3O5S2. The summed E-state index contributed by atoms with van der Waals surface area (Å²) in [4.78, 5) is 12.7. The summed E-state index contributed by atoms with van der Waals surface area (Å²) in [6.45, 7) is -0.273. The number of hydrogen-bond donors (Lipinski definition) is 2. The van der Waals surface area contributed by atoms with E-state index < -0.39 is 26.0 Å². The maximum atomic E-state index is 13.2. The predicted octanol–water partition coefficient (Wildman–Crippen LogP) is 2.60. The van der Waals surface area contributed by atoms with Crippen LogP contribution in [0.5, 0.6) is 0 Å². The number of nitrogens with one attached hydrogen (secondary N) is 1. The Morgan fingerprint density at radius 2 is 1.39 bits per heavy atom. The van der Waals surface area contributed by atoms with Crippen LogP contribution in [0.25, 0.3) is 0 Å². The molecule has 3 N–H and O–H groups in total. The summed E-state index contributed by atoms with van der Waals surface area (Å²) in [5, 5.41) is 7.75. The van der Waals surface area contributed by atoms with Gasteiger partial charge < -0.3 is 5.32 Å². The Hall–Kier alpha value is -2.57. The summed E-state index contributed by atoms with van der Waals surface area (Å²) in [7, 11) is -7.73. The zero-order valence-electron chi connectivity index (χ0n) is 17.4. The minimum atomic E-state index is -3.93. The lowest BCUT2D eigenvalue weighted by molar-refractivity contribution is -0.121. The highest BCUT2D eigenvalue weighted by Crippen LogP contribution is 2.19. The lowest BCUT2D eigenvalue weighted by atomic mass is 10.2. The Morgan fingerprint density at radius 3 is 1.97 bits per heavy atom. The Kier molecular flexibility index (Phi) is 8.03. The Morgan fingerprint density at radius 1 is 0.818 bits per heavy atom. The molecule has 33 heavy (non-hydrogen) atoms. The number of rotatable bonds is 9. The molecule has 3 aromatic rings.